The van der Waals surface area contributed by atoms with E-state index in [1.165, 1.54) is 23.6 Å². The summed E-state index contributed by atoms with van der Waals surface area (Å²) in [5.41, 5.74) is 3.23. The molecule has 1 N–H and O–H groups in total. The molecule has 3 aromatic rings. The molecule has 5 rings (SSSR count). The Labute approximate surface area is 181 Å². The highest BCUT2D eigenvalue weighted by atomic mass is 32.2. The van der Waals surface area contributed by atoms with Crippen molar-refractivity contribution < 1.29 is 13.7 Å². The van der Waals surface area contributed by atoms with Gasteiger partial charge in [-0.25, -0.2) is 18.9 Å². The number of carbonyl (C=O) groups excluding carboxylic acids is 1. The van der Waals surface area contributed by atoms with Gasteiger partial charge >= 0.3 is 0 Å². The predicted molar refractivity (Wildman–Crippen MR) is 117 cm³/mol. The van der Waals surface area contributed by atoms with Gasteiger partial charge in [0, 0.05) is 48.2 Å². The lowest BCUT2D eigenvalue weighted by atomic mass is 10.1. The number of aromatic nitrogens is 4. The van der Waals surface area contributed by atoms with Crippen LogP contribution in [0.1, 0.15) is 12.8 Å². The number of carbonyl (C=O) groups is 1. The van der Waals surface area contributed by atoms with Gasteiger partial charge in [0.2, 0.25) is 5.88 Å². The first-order valence-corrected chi connectivity index (χ1v) is 11.0. The van der Waals surface area contributed by atoms with Crippen molar-refractivity contribution in [2.75, 3.05) is 25.1 Å². The van der Waals surface area contributed by atoms with Crippen LogP contribution in [-0.4, -0.2) is 50.1 Å². The van der Waals surface area contributed by atoms with Crippen LogP contribution in [0.2, 0.25) is 0 Å². The van der Waals surface area contributed by atoms with Crippen LogP contribution < -0.4 is 14.4 Å². The Hall–Kier alpha value is -3.53. The SMILES string of the molecule is COc1nc(-c2ccnc(N3CCCC3)c2)ccc1-c1cnn(C2=CC(=O)NS2=O)c1. The highest BCUT2D eigenvalue weighted by molar-refractivity contribution is 7.93. The summed E-state index contributed by atoms with van der Waals surface area (Å²) in [7, 11) is -0.0500. The molecule has 2 aliphatic heterocycles. The third kappa shape index (κ3) is 3.70. The fourth-order valence-corrected chi connectivity index (χ4v) is 4.58. The van der Waals surface area contributed by atoms with Crippen LogP contribution in [0.4, 0.5) is 5.82 Å². The Morgan fingerprint density at radius 3 is 2.74 bits per heavy atom. The van der Waals surface area contributed by atoms with Gasteiger partial charge in [0.05, 0.1) is 19.0 Å². The van der Waals surface area contributed by atoms with Crippen LogP contribution >= 0.6 is 0 Å². The predicted octanol–water partition coefficient (Wildman–Crippen LogP) is 2.21. The van der Waals surface area contributed by atoms with Crippen molar-refractivity contribution in [1.82, 2.24) is 24.5 Å². The Bertz CT molecular complexity index is 1220. The zero-order chi connectivity index (χ0) is 21.4. The van der Waals surface area contributed by atoms with E-state index in [2.05, 4.69) is 25.8 Å². The molecule has 1 unspecified atom stereocenters. The number of hydrogen-bond donors (Lipinski definition) is 1. The Kier molecular flexibility index (Phi) is 4.99. The second-order valence-corrected chi connectivity index (χ2v) is 8.40. The minimum absolute atomic E-state index is 0.283. The van der Waals surface area contributed by atoms with E-state index in [9.17, 15) is 9.00 Å². The molecule has 1 saturated heterocycles. The monoisotopic (exact) mass is 436 g/mol. The molecule has 3 aromatic heterocycles. The summed E-state index contributed by atoms with van der Waals surface area (Å²) in [6.45, 7) is 2.05. The fourth-order valence-electron chi connectivity index (χ4n) is 3.75. The quantitative estimate of drug-likeness (QED) is 0.654. The maximum absolute atomic E-state index is 12.0. The third-order valence-corrected chi connectivity index (χ3v) is 6.35. The van der Waals surface area contributed by atoms with Gasteiger partial charge in [0.1, 0.15) is 5.82 Å². The van der Waals surface area contributed by atoms with Crippen molar-refractivity contribution in [3.05, 3.63) is 48.9 Å². The van der Waals surface area contributed by atoms with Crippen LogP contribution in [0, 0.1) is 0 Å². The van der Waals surface area contributed by atoms with Gasteiger partial charge in [-0.1, -0.05) is 0 Å². The molecule has 0 bridgehead atoms. The van der Waals surface area contributed by atoms with Crippen molar-refractivity contribution in [3.63, 3.8) is 0 Å². The number of hydrogen-bond acceptors (Lipinski definition) is 7. The third-order valence-electron chi connectivity index (χ3n) is 5.28. The number of anilines is 1. The summed E-state index contributed by atoms with van der Waals surface area (Å²) in [6, 6.07) is 7.83. The molecule has 0 aliphatic carbocycles. The maximum Gasteiger partial charge on any atom is 0.258 e. The van der Waals surface area contributed by atoms with Crippen molar-refractivity contribution in [3.8, 4) is 28.3 Å². The van der Waals surface area contributed by atoms with Crippen molar-refractivity contribution in [2.24, 2.45) is 0 Å². The number of pyridine rings is 2. The Morgan fingerprint density at radius 1 is 1.16 bits per heavy atom. The standard InChI is InChI=1S/C21H20N6O3S/c1-30-21-16(15-12-23-27(13-15)20-11-19(28)25-31(20)29)4-5-17(24-21)14-6-7-22-18(10-14)26-8-2-3-9-26/h4-7,10-13H,2-3,8-9H2,1H3,(H,25,28). The smallest absolute Gasteiger partial charge is 0.258 e. The number of rotatable bonds is 5. The van der Waals surface area contributed by atoms with Gasteiger partial charge in [-0.05, 0) is 37.1 Å². The van der Waals surface area contributed by atoms with Gasteiger partial charge in [-0.3, -0.25) is 9.52 Å². The first-order valence-electron chi connectivity index (χ1n) is 9.88. The lowest BCUT2D eigenvalue weighted by Crippen LogP contribution is -2.18. The summed E-state index contributed by atoms with van der Waals surface area (Å²) in [5, 5.41) is 4.52. The van der Waals surface area contributed by atoms with Crippen LogP contribution in [-0.2, 0) is 15.8 Å². The van der Waals surface area contributed by atoms with Gasteiger partial charge < -0.3 is 9.64 Å². The first kappa shape index (κ1) is 19.4. The topological polar surface area (TPSA) is 102 Å². The molecule has 31 heavy (non-hydrogen) atoms. The van der Waals surface area contributed by atoms with Crippen LogP contribution in [0.25, 0.3) is 27.4 Å². The Balaban J connectivity index is 1.46. The Morgan fingerprint density at radius 2 is 2.00 bits per heavy atom. The summed E-state index contributed by atoms with van der Waals surface area (Å²) < 4.78 is 21.3. The largest absolute Gasteiger partial charge is 0.481 e. The number of nitrogens with one attached hydrogen (secondary N) is 1. The van der Waals surface area contributed by atoms with Gasteiger partial charge in [-0.2, -0.15) is 5.10 Å². The molecule has 0 saturated carbocycles. The van der Waals surface area contributed by atoms with Crippen molar-refractivity contribution >= 4 is 27.7 Å². The highest BCUT2D eigenvalue weighted by Crippen LogP contribution is 2.32. The molecule has 0 spiro atoms. The van der Waals surface area contributed by atoms with E-state index in [4.69, 9.17) is 9.72 Å². The summed E-state index contributed by atoms with van der Waals surface area (Å²) in [5.74, 6) is 1.01. The molecule has 2 aliphatic rings. The van der Waals surface area contributed by atoms with E-state index in [0.29, 0.717) is 5.88 Å². The second-order valence-electron chi connectivity index (χ2n) is 7.24. The molecule has 5 heterocycles. The molecule has 0 aromatic carbocycles. The van der Waals surface area contributed by atoms with Gasteiger partial charge in [0.25, 0.3) is 5.91 Å². The maximum atomic E-state index is 12.0. The molecule has 1 fully saturated rings. The number of ether oxygens (including phenoxy) is 1. The number of methoxy groups -OCH3 is 1. The minimum Gasteiger partial charge on any atom is -0.481 e. The first-order chi connectivity index (χ1) is 15.1. The average Bonchev–Trinajstić information content (AvgIpc) is 3.54. The lowest BCUT2D eigenvalue weighted by molar-refractivity contribution is -0.114. The van der Waals surface area contributed by atoms with E-state index < -0.39 is 16.9 Å². The number of amides is 1. The summed E-state index contributed by atoms with van der Waals surface area (Å²) >= 11 is 0. The lowest BCUT2D eigenvalue weighted by Gasteiger charge is -2.17. The van der Waals surface area contributed by atoms with Crippen LogP contribution in [0.3, 0.4) is 0 Å². The van der Waals surface area contributed by atoms with E-state index in [-0.39, 0.29) is 5.03 Å². The van der Waals surface area contributed by atoms with Crippen LogP contribution in [0.15, 0.2) is 48.9 Å². The number of nitrogens with zero attached hydrogens (tertiary/aromatic N) is 5. The van der Waals surface area contributed by atoms with Crippen LogP contribution in [0.5, 0.6) is 5.88 Å². The fraction of sp³-hybridized carbons (Fsp3) is 0.238. The zero-order valence-corrected chi connectivity index (χ0v) is 17.6. The molecule has 0 radical (unpaired) electrons. The van der Waals surface area contributed by atoms with Gasteiger partial charge in [-0.15, -0.1) is 0 Å². The van der Waals surface area contributed by atoms with Crippen molar-refractivity contribution in [1.29, 1.82) is 0 Å². The van der Waals surface area contributed by atoms with E-state index >= 15 is 0 Å². The highest BCUT2D eigenvalue weighted by Gasteiger charge is 2.23. The average molecular weight is 436 g/mol. The molecule has 9 nitrogen and oxygen atoms in total. The van der Waals surface area contributed by atoms with E-state index in [1.807, 2.05) is 18.2 Å². The summed E-state index contributed by atoms with van der Waals surface area (Å²) in [4.78, 5) is 22.9. The molecule has 10 heteroatoms. The summed E-state index contributed by atoms with van der Waals surface area (Å²) in [6.07, 6.45) is 8.77. The molecule has 1 amide bonds. The van der Waals surface area contributed by atoms with Crippen molar-refractivity contribution in [2.45, 2.75) is 12.8 Å². The molecule has 1 atom stereocenters. The normalized spacial score (nSPS) is 18.2. The minimum atomic E-state index is -1.62. The van der Waals surface area contributed by atoms with E-state index in [0.717, 1.165) is 41.3 Å². The second kappa shape index (κ2) is 7.95. The molecular formula is C21H20N6O3S. The molecule has 158 valence electrons. The molecular weight excluding hydrogens is 416 g/mol. The van der Waals surface area contributed by atoms with Gasteiger partial charge in [0.15, 0.2) is 16.0 Å². The zero-order valence-electron chi connectivity index (χ0n) is 16.8. The van der Waals surface area contributed by atoms with E-state index in [1.54, 1.807) is 25.7 Å².